The molecule has 1 aromatic heterocycles. The molecule has 0 bridgehead atoms. The number of anilines is 1. The van der Waals surface area contributed by atoms with Crippen LogP contribution in [-0.2, 0) is 9.53 Å². The van der Waals surface area contributed by atoms with Gasteiger partial charge in [0.05, 0.1) is 6.61 Å². The first-order valence-electron chi connectivity index (χ1n) is 8.43. The van der Waals surface area contributed by atoms with Crippen molar-refractivity contribution in [2.75, 3.05) is 37.7 Å². The Morgan fingerprint density at radius 1 is 1.21 bits per heavy atom. The predicted molar refractivity (Wildman–Crippen MR) is 93.6 cm³/mol. The van der Waals surface area contributed by atoms with Crippen LogP contribution < -0.4 is 4.90 Å². The van der Waals surface area contributed by atoms with E-state index in [0.717, 1.165) is 25.5 Å². The number of piperazine rings is 1. The van der Waals surface area contributed by atoms with E-state index in [-0.39, 0.29) is 18.2 Å². The molecule has 1 saturated heterocycles. The summed E-state index contributed by atoms with van der Waals surface area (Å²) in [6, 6.07) is 4.40. The molecule has 0 saturated carbocycles. The summed E-state index contributed by atoms with van der Waals surface area (Å²) in [4.78, 5) is 31.4. The van der Waals surface area contributed by atoms with Gasteiger partial charge in [0.15, 0.2) is 11.6 Å². The Labute approximate surface area is 143 Å². The quantitative estimate of drug-likeness (QED) is 0.560. The summed E-state index contributed by atoms with van der Waals surface area (Å²) in [6.07, 6.45) is 1.65. The number of ketones is 2. The first kappa shape index (κ1) is 18.5. The van der Waals surface area contributed by atoms with Gasteiger partial charge in [0.2, 0.25) is 0 Å². The molecule has 2 atom stereocenters. The second-order valence-corrected chi connectivity index (χ2v) is 6.58. The lowest BCUT2D eigenvalue weighted by Crippen LogP contribution is -2.57. The Bertz CT molecular complexity index is 561. The van der Waals surface area contributed by atoms with Crippen LogP contribution in [0.15, 0.2) is 18.3 Å². The second kappa shape index (κ2) is 8.35. The van der Waals surface area contributed by atoms with Crippen LogP contribution in [0.1, 0.15) is 38.1 Å². The number of Topliss-reactive ketones (excluding diaryl/α,β-unsaturated/α-hetero) is 2. The Balaban J connectivity index is 1.93. The SMILES string of the molecule is CC(=O)COCCN1C[C@@H](C)N(c2ccc(C(C)=O)cn2)[C@@H](C)C1. The molecular weight excluding hydrogens is 306 g/mol. The topological polar surface area (TPSA) is 62.7 Å². The minimum Gasteiger partial charge on any atom is -0.372 e. The maximum atomic E-state index is 11.4. The first-order chi connectivity index (χ1) is 11.4. The summed E-state index contributed by atoms with van der Waals surface area (Å²) in [7, 11) is 0. The Morgan fingerprint density at radius 2 is 1.88 bits per heavy atom. The number of hydrogen-bond donors (Lipinski definition) is 0. The highest BCUT2D eigenvalue weighted by Gasteiger charge is 2.30. The molecule has 2 rings (SSSR count). The molecule has 132 valence electrons. The van der Waals surface area contributed by atoms with E-state index in [1.807, 2.05) is 12.1 Å². The van der Waals surface area contributed by atoms with Gasteiger partial charge in [0.1, 0.15) is 12.4 Å². The van der Waals surface area contributed by atoms with Crippen LogP contribution in [0, 0.1) is 0 Å². The standard InChI is InChI=1S/C18H27N3O3/c1-13-10-20(7-8-24-12-15(3)22)11-14(2)21(13)18-6-5-17(9-19-18)16(4)23/h5-6,9,13-14H,7-8,10-12H2,1-4H3/t13-,14+. The number of pyridine rings is 1. The average Bonchev–Trinajstić information content (AvgIpc) is 2.51. The zero-order valence-corrected chi connectivity index (χ0v) is 15.0. The summed E-state index contributed by atoms with van der Waals surface area (Å²) in [5.41, 5.74) is 0.639. The zero-order chi connectivity index (χ0) is 17.7. The van der Waals surface area contributed by atoms with E-state index in [4.69, 9.17) is 4.74 Å². The van der Waals surface area contributed by atoms with Crippen molar-refractivity contribution < 1.29 is 14.3 Å². The van der Waals surface area contributed by atoms with Crippen molar-refractivity contribution in [1.82, 2.24) is 9.88 Å². The predicted octanol–water partition coefficient (Wildman–Crippen LogP) is 1.79. The summed E-state index contributed by atoms with van der Waals surface area (Å²) in [5, 5.41) is 0. The molecule has 1 aliphatic rings. The Morgan fingerprint density at radius 3 is 2.38 bits per heavy atom. The molecule has 0 unspecified atom stereocenters. The lowest BCUT2D eigenvalue weighted by Gasteiger charge is -2.45. The summed E-state index contributed by atoms with van der Waals surface area (Å²) in [5.74, 6) is 1.000. The van der Waals surface area contributed by atoms with E-state index in [9.17, 15) is 9.59 Å². The molecule has 0 aromatic carbocycles. The minimum atomic E-state index is 0.0329. The Kier molecular flexibility index (Phi) is 6.45. The fourth-order valence-corrected chi connectivity index (χ4v) is 3.22. The van der Waals surface area contributed by atoms with Crippen molar-refractivity contribution in [2.45, 2.75) is 39.8 Å². The molecular formula is C18H27N3O3. The highest BCUT2D eigenvalue weighted by atomic mass is 16.5. The maximum Gasteiger partial charge on any atom is 0.161 e. The van der Waals surface area contributed by atoms with Crippen molar-refractivity contribution in [1.29, 1.82) is 0 Å². The first-order valence-corrected chi connectivity index (χ1v) is 8.43. The van der Waals surface area contributed by atoms with Gasteiger partial charge in [-0.15, -0.1) is 0 Å². The van der Waals surface area contributed by atoms with Crippen LogP contribution in [-0.4, -0.2) is 66.4 Å². The smallest absolute Gasteiger partial charge is 0.161 e. The van der Waals surface area contributed by atoms with Gasteiger partial charge in [-0.1, -0.05) is 0 Å². The minimum absolute atomic E-state index is 0.0329. The van der Waals surface area contributed by atoms with Crippen LogP contribution in [0.5, 0.6) is 0 Å². The largest absolute Gasteiger partial charge is 0.372 e. The van der Waals surface area contributed by atoms with E-state index >= 15 is 0 Å². The number of nitrogens with zero attached hydrogens (tertiary/aromatic N) is 3. The molecule has 0 N–H and O–H groups in total. The van der Waals surface area contributed by atoms with Gasteiger partial charge in [-0.3, -0.25) is 14.5 Å². The van der Waals surface area contributed by atoms with Crippen molar-refractivity contribution in [2.24, 2.45) is 0 Å². The van der Waals surface area contributed by atoms with Gasteiger partial charge >= 0.3 is 0 Å². The molecule has 0 amide bonds. The Hall–Kier alpha value is -1.79. The van der Waals surface area contributed by atoms with Crippen LogP contribution >= 0.6 is 0 Å². The van der Waals surface area contributed by atoms with E-state index < -0.39 is 0 Å². The van der Waals surface area contributed by atoms with E-state index in [2.05, 4.69) is 28.6 Å². The summed E-state index contributed by atoms with van der Waals surface area (Å²) < 4.78 is 5.37. The number of carbonyl (C=O) groups is 2. The van der Waals surface area contributed by atoms with Gasteiger partial charge in [-0.05, 0) is 39.8 Å². The lowest BCUT2D eigenvalue weighted by atomic mass is 10.1. The third-order valence-electron chi connectivity index (χ3n) is 4.27. The second-order valence-electron chi connectivity index (χ2n) is 6.58. The van der Waals surface area contributed by atoms with Gasteiger partial charge in [0.25, 0.3) is 0 Å². The molecule has 0 radical (unpaired) electrons. The monoisotopic (exact) mass is 333 g/mol. The fourth-order valence-electron chi connectivity index (χ4n) is 3.22. The van der Waals surface area contributed by atoms with Crippen molar-refractivity contribution >= 4 is 17.4 Å². The van der Waals surface area contributed by atoms with Gasteiger partial charge < -0.3 is 9.64 Å². The number of carbonyl (C=O) groups excluding carboxylic acids is 2. The zero-order valence-electron chi connectivity index (χ0n) is 15.0. The number of rotatable bonds is 7. The van der Waals surface area contributed by atoms with Crippen LogP contribution in [0.4, 0.5) is 5.82 Å². The molecule has 0 aliphatic carbocycles. The van der Waals surface area contributed by atoms with E-state index in [1.54, 1.807) is 13.1 Å². The van der Waals surface area contributed by atoms with Crippen molar-refractivity contribution in [3.63, 3.8) is 0 Å². The lowest BCUT2D eigenvalue weighted by molar-refractivity contribution is -0.121. The molecule has 6 nitrogen and oxygen atoms in total. The average molecular weight is 333 g/mol. The molecule has 1 aromatic rings. The van der Waals surface area contributed by atoms with Crippen molar-refractivity contribution in [3.8, 4) is 0 Å². The maximum absolute atomic E-state index is 11.4. The van der Waals surface area contributed by atoms with Gasteiger partial charge in [-0.2, -0.15) is 0 Å². The van der Waals surface area contributed by atoms with Crippen LogP contribution in [0.3, 0.4) is 0 Å². The number of aromatic nitrogens is 1. The van der Waals surface area contributed by atoms with Crippen LogP contribution in [0.25, 0.3) is 0 Å². The molecule has 1 fully saturated rings. The number of hydrogen-bond acceptors (Lipinski definition) is 6. The van der Waals surface area contributed by atoms with E-state index in [0.29, 0.717) is 24.3 Å². The van der Waals surface area contributed by atoms with Gasteiger partial charge in [0, 0.05) is 43.5 Å². The third-order valence-corrected chi connectivity index (χ3v) is 4.27. The molecule has 0 spiro atoms. The van der Waals surface area contributed by atoms with E-state index in [1.165, 1.54) is 6.92 Å². The highest BCUT2D eigenvalue weighted by Crippen LogP contribution is 2.23. The third kappa shape index (κ3) is 4.85. The van der Waals surface area contributed by atoms with Gasteiger partial charge in [-0.25, -0.2) is 4.98 Å². The summed E-state index contributed by atoms with van der Waals surface area (Å²) >= 11 is 0. The highest BCUT2D eigenvalue weighted by molar-refractivity contribution is 5.93. The normalized spacial score (nSPS) is 21.8. The molecule has 1 aliphatic heterocycles. The molecule has 6 heteroatoms. The van der Waals surface area contributed by atoms with Crippen LogP contribution in [0.2, 0.25) is 0 Å². The molecule has 24 heavy (non-hydrogen) atoms. The van der Waals surface area contributed by atoms with Crippen molar-refractivity contribution in [3.05, 3.63) is 23.9 Å². The molecule has 2 heterocycles. The summed E-state index contributed by atoms with van der Waals surface area (Å²) in [6.45, 7) is 10.9. The number of ether oxygens (including phenoxy) is 1. The fraction of sp³-hybridized carbons (Fsp3) is 0.611.